The van der Waals surface area contributed by atoms with Crippen molar-refractivity contribution in [3.8, 4) is 0 Å². The Bertz CT molecular complexity index is 1060. The molecule has 0 bridgehead atoms. The minimum atomic E-state index is -3.81. The summed E-state index contributed by atoms with van der Waals surface area (Å²) in [7, 11) is -3.81. The maximum atomic E-state index is 12.4. The highest BCUT2D eigenvalue weighted by molar-refractivity contribution is 7.95. The van der Waals surface area contributed by atoms with E-state index in [2.05, 4.69) is 10.0 Å². The minimum Gasteiger partial charge on any atom is -0.459 e. The van der Waals surface area contributed by atoms with E-state index >= 15 is 0 Å². The van der Waals surface area contributed by atoms with Crippen LogP contribution in [0.3, 0.4) is 0 Å². The van der Waals surface area contributed by atoms with Crippen LogP contribution in [0.1, 0.15) is 16.1 Å². The fourth-order valence-electron chi connectivity index (χ4n) is 2.22. The topological polar surface area (TPSA) is 88.4 Å². The Morgan fingerprint density at radius 1 is 1.00 bits per heavy atom. The Labute approximate surface area is 161 Å². The van der Waals surface area contributed by atoms with Gasteiger partial charge < -0.3 is 9.73 Å². The zero-order valence-corrected chi connectivity index (χ0v) is 15.5. The lowest BCUT2D eigenvalue weighted by molar-refractivity contribution is 0.0996. The molecule has 0 aliphatic carbocycles. The first-order valence-electron chi connectivity index (χ1n) is 7.83. The Morgan fingerprint density at radius 2 is 1.78 bits per heavy atom. The summed E-state index contributed by atoms with van der Waals surface area (Å²) in [4.78, 5) is 12.2. The smallest absolute Gasteiger partial charge is 0.291 e. The van der Waals surface area contributed by atoms with E-state index in [1.54, 1.807) is 30.3 Å². The highest BCUT2D eigenvalue weighted by atomic mass is 35.5. The highest BCUT2D eigenvalue weighted by Gasteiger charge is 2.15. The first-order valence-corrected chi connectivity index (χ1v) is 9.76. The van der Waals surface area contributed by atoms with Gasteiger partial charge in [0.05, 0.1) is 23.0 Å². The number of hydrogen-bond acceptors (Lipinski definition) is 4. The maximum absolute atomic E-state index is 12.4. The van der Waals surface area contributed by atoms with Crippen LogP contribution in [0, 0.1) is 0 Å². The summed E-state index contributed by atoms with van der Waals surface area (Å²) in [5.74, 6) is -0.435. The number of nitrogens with one attached hydrogen (secondary N) is 2. The molecule has 8 heteroatoms. The number of hydrogen-bond donors (Lipinski definition) is 2. The van der Waals surface area contributed by atoms with E-state index in [1.165, 1.54) is 36.6 Å². The number of carbonyl (C=O) groups is 1. The van der Waals surface area contributed by atoms with Crippen LogP contribution in [0.5, 0.6) is 0 Å². The van der Waals surface area contributed by atoms with Crippen LogP contribution in [-0.4, -0.2) is 14.3 Å². The average Bonchev–Trinajstić information content (AvgIpc) is 3.18. The zero-order valence-electron chi connectivity index (χ0n) is 13.9. The van der Waals surface area contributed by atoms with Gasteiger partial charge in [-0.15, -0.1) is 0 Å². The largest absolute Gasteiger partial charge is 0.459 e. The molecule has 0 aliphatic heterocycles. The molecular formula is C19H15ClN2O4S. The lowest BCUT2D eigenvalue weighted by Crippen LogP contribution is -2.15. The molecule has 138 valence electrons. The van der Waals surface area contributed by atoms with E-state index in [1.807, 2.05) is 6.07 Å². The summed E-state index contributed by atoms with van der Waals surface area (Å²) in [6, 6.07) is 16.5. The third-order valence-electron chi connectivity index (χ3n) is 3.47. The molecule has 6 nitrogen and oxygen atoms in total. The number of halogens is 1. The maximum Gasteiger partial charge on any atom is 0.291 e. The van der Waals surface area contributed by atoms with E-state index in [-0.39, 0.29) is 17.1 Å². The molecule has 0 atom stereocenters. The van der Waals surface area contributed by atoms with Crippen molar-refractivity contribution in [3.05, 3.63) is 88.7 Å². The second-order valence-corrected chi connectivity index (χ2v) is 7.48. The second kappa shape index (κ2) is 8.11. The second-order valence-electron chi connectivity index (χ2n) is 5.48. The number of furan rings is 1. The molecule has 0 unspecified atom stereocenters. The van der Waals surface area contributed by atoms with Crippen molar-refractivity contribution in [1.29, 1.82) is 0 Å². The fourth-order valence-corrected chi connectivity index (χ4v) is 3.28. The Kier molecular flexibility index (Phi) is 5.63. The van der Waals surface area contributed by atoms with Gasteiger partial charge in [-0.3, -0.25) is 9.52 Å². The number of sulfonamides is 1. The van der Waals surface area contributed by atoms with Crippen molar-refractivity contribution in [1.82, 2.24) is 0 Å². The van der Waals surface area contributed by atoms with Gasteiger partial charge in [0.2, 0.25) is 0 Å². The van der Waals surface area contributed by atoms with Crippen LogP contribution in [0.15, 0.2) is 76.8 Å². The van der Waals surface area contributed by atoms with Crippen LogP contribution in [0.2, 0.25) is 5.02 Å². The van der Waals surface area contributed by atoms with E-state index in [0.29, 0.717) is 5.02 Å². The van der Waals surface area contributed by atoms with E-state index in [4.69, 9.17) is 16.0 Å². The number of benzene rings is 2. The molecule has 27 heavy (non-hydrogen) atoms. The lowest BCUT2D eigenvalue weighted by Gasteiger charge is -2.12. The van der Waals surface area contributed by atoms with Gasteiger partial charge in [0, 0.05) is 5.02 Å². The SMILES string of the molecule is O=C(Nc1cc(Cl)ccc1NS(=O)(=O)/C=C/c1ccccc1)c1ccco1. The van der Waals surface area contributed by atoms with E-state index in [0.717, 1.165) is 11.0 Å². The van der Waals surface area contributed by atoms with E-state index < -0.39 is 15.9 Å². The number of amides is 1. The van der Waals surface area contributed by atoms with Crippen LogP contribution in [0.4, 0.5) is 11.4 Å². The molecule has 0 radical (unpaired) electrons. The van der Waals surface area contributed by atoms with Crippen molar-refractivity contribution in [3.63, 3.8) is 0 Å². The van der Waals surface area contributed by atoms with Crippen molar-refractivity contribution in [2.75, 3.05) is 10.0 Å². The van der Waals surface area contributed by atoms with Crippen molar-refractivity contribution >= 4 is 45.0 Å². The summed E-state index contributed by atoms with van der Waals surface area (Å²) in [6.07, 6.45) is 2.84. The molecule has 0 saturated carbocycles. The monoisotopic (exact) mass is 402 g/mol. The average molecular weight is 403 g/mol. The first kappa shape index (κ1) is 18.8. The molecule has 1 aromatic heterocycles. The van der Waals surface area contributed by atoms with Gasteiger partial charge in [-0.25, -0.2) is 8.42 Å². The van der Waals surface area contributed by atoms with Gasteiger partial charge in [-0.05, 0) is 42.0 Å². The molecule has 2 N–H and O–H groups in total. The number of carbonyl (C=O) groups excluding carboxylic acids is 1. The van der Waals surface area contributed by atoms with Crippen molar-refractivity contribution < 1.29 is 17.6 Å². The third-order valence-corrected chi connectivity index (χ3v) is 4.70. The molecule has 0 aliphatic rings. The third kappa shape index (κ3) is 5.22. The molecule has 3 aromatic rings. The Morgan fingerprint density at radius 3 is 2.48 bits per heavy atom. The predicted molar refractivity (Wildman–Crippen MR) is 106 cm³/mol. The van der Waals surface area contributed by atoms with Gasteiger partial charge in [0.25, 0.3) is 15.9 Å². The van der Waals surface area contributed by atoms with Gasteiger partial charge in [0.15, 0.2) is 5.76 Å². The number of rotatable bonds is 6. The van der Waals surface area contributed by atoms with Crippen molar-refractivity contribution in [2.45, 2.75) is 0 Å². The summed E-state index contributed by atoms with van der Waals surface area (Å²) >= 11 is 5.97. The Balaban J connectivity index is 1.81. The van der Waals surface area contributed by atoms with Crippen LogP contribution < -0.4 is 10.0 Å². The lowest BCUT2D eigenvalue weighted by atomic mass is 10.2. The molecule has 1 heterocycles. The van der Waals surface area contributed by atoms with Crippen LogP contribution in [0.25, 0.3) is 6.08 Å². The van der Waals surface area contributed by atoms with Crippen molar-refractivity contribution in [2.24, 2.45) is 0 Å². The predicted octanol–water partition coefficient (Wildman–Crippen LogP) is 4.60. The molecule has 1 amide bonds. The fraction of sp³-hybridized carbons (Fsp3) is 0. The molecule has 3 rings (SSSR count). The van der Waals surface area contributed by atoms with Gasteiger partial charge in [-0.1, -0.05) is 41.9 Å². The summed E-state index contributed by atoms with van der Waals surface area (Å²) in [6.45, 7) is 0. The molecule has 2 aromatic carbocycles. The van der Waals surface area contributed by atoms with Gasteiger partial charge in [-0.2, -0.15) is 0 Å². The Hall–Kier alpha value is -3.03. The molecular weight excluding hydrogens is 388 g/mol. The standard InChI is InChI=1S/C19H15ClN2O4S/c20-15-8-9-16(17(13-15)21-19(23)18-7-4-11-26-18)22-27(24,25)12-10-14-5-2-1-3-6-14/h1-13,22H,(H,21,23)/b12-10+. The summed E-state index contributed by atoms with van der Waals surface area (Å²) in [5, 5.41) is 3.97. The first-order chi connectivity index (χ1) is 12.9. The van der Waals surface area contributed by atoms with Crippen LogP contribution in [-0.2, 0) is 10.0 Å². The summed E-state index contributed by atoms with van der Waals surface area (Å²) in [5.41, 5.74) is 1.13. The quantitative estimate of drug-likeness (QED) is 0.630. The minimum absolute atomic E-state index is 0.0905. The number of anilines is 2. The molecule has 0 saturated heterocycles. The van der Waals surface area contributed by atoms with Crippen LogP contribution >= 0.6 is 11.6 Å². The summed E-state index contributed by atoms with van der Waals surface area (Å²) < 4.78 is 32.2. The zero-order chi connectivity index (χ0) is 19.3. The highest BCUT2D eigenvalue weighted by Crippen LogP contribution is 2.27. The normalized spacial score (nSPS) is 11.4. The molecule has 0 fully saturated rings. The van der Waals surface area contributed by atoms with E-state index in [9.17, 15) is 13.2 Å². The van der Waals surface area contributed by atoms with Gasteiger partial charge >= 0.3 is 0 Å². The van der Waals surface area contributed by atoms with Gasteiger partial charge in [0.1, 0.15) is 0 Å². The molecule has 0 spiro atoms.